The third-order valence-corrected chi connectivity index (χ3v) is 7.33. The summed E-state index contributed by atoms with van der Waals surface area (Å²) in [5.41, 5.74) is -0.241. The van der Waals surface area contributed by atoms with Gasteiger partial charge in [0.1, 0.15) is 18.8 Å². The van der Waals surface area contributed by atoms with Crippen LogP contribution < -0.4 is 9.64 Å². The standard InChI is InChI=1S/C28H37F2N3O5/c1-21-6-8-22(9-7-21)32-12-10-27(35,11-13-32)17-31-14-15-33(25(34)16-37-2)19-28(36,18-31)20-38-24-5-3-4-23(29)26(24)30/h3-9,35-36H,10-20H2,1-2H3/t28-/m0/s1. The molecule has 0 bridgehead atoms. The van der Waals surface area contributed by atoms with E-state index >= 15 is 0 Å². The predicted molar refractivity (Wildman–Crippen MR) is 139 cm³/mol. The maximum atomic E-state index is 14.2. The summed E-state index contributed by atoms with van der Waals surface area (Å²) in [6.07, 6.45) is 1.10. The topological polar surface area (TPSA) is 85.7 Å². The Morgan fingerprint density at radius 3 is 2.37 bits per heavy atom. The number of aliphatic hydroxyl groups is 2. The number of ether oxygens (including phenoxy) is 2. The van der Waals surface area contributed by atoms with E-state index in [4.69, 9.17) is 9.47 Å². The van der Waals surface area contributed by atoms with Gasteiger partial charge in [-0.3, -0.25) is 9.69 Å². The number of hydrogen-bond acceptors (Lipinski definition) is 7. The van der Waals surface area contributed by atoms with Crippen LogP contribution in [0, 0.1) is 18.6 Å². The Morgan fingerprint density at radius 1 is 0.974 bits per heavy atom. The lowest BCUT2D eigenvalue weighted by Gasteiger charge is -2.42. The number of piperidine rings is 1. The van der Waals surface area contributed by atoms with E-state index in [1.165, 1.54) is 29.7 Å². The van der Waals surface area contributed by atoms with Gasteiger partial charge in [-0.1, -0.05) is 23.8 Å². The van der Waals surface area contributed by atoms with Gasteiger partial charge in [-0.2, -0.15) is 4.39 Å². The van der Waals surface area contributed by atoms with Crippen LogP contribution in [-0.2, 0) is 9.53 Å². The molecule has 38 heavy (non-hydrogen) atoms. The molecule has 2 fully saturated rings. The van der Waals surface area contributed by atoms with Gasteiger partial charge in [0, 0.05) is 52.1 Å². The molecule has 2 heterocycles. The molecule has 1 atom stereocenters. The van der Waals surface area contributed by atoms with Gasteiger partial charge in [-0.25, -0.2) is 4.39 Å². The van der Waals surface area contributed by atoms with Gasteiger partial charge in [0.15, 0.2) is 11.6 Å². The molecular weight excluding hydrogens is 496 g/mol. The highest BCUT2D eigenvalue weighted by molar-refractivity contribution is 5.77. The van der Waals surface area contributed by atoms with E-state index in [0.29, 0.717) is 45.6 Å². The highest BCUT2D eigenvalue weighted by Crippen LogP contribution is 2.29. The number of carbonyl (C=O) groups excluding carboxylic acids is 1. The average molecular weight is 534 g/mol. The molecule has 8 nitrogen and oxygen atoms in total. The number of rotatable bonds is 8. The van der Waals surface area contributed by atoms with E-state index in [0.717, 1.165) is 11.8 Å². The van der Waals surface area contributed by atoms with Crippen molar-refractivity contribution in [3.63, 3.8) is 0 Å². The van der Waals surface area contributed by atoms with Crippen LogP contribution in [0.15, 0.2) is 42.5 Å². The van der Waals surface area contributed by atoms with Crippen molar-refractivity contribution < 1.29 is 33.3 Å². The lowest BCUT2D eigenvalue weighted by atomic mass is 9.90. The lowest BCUT2D eigenvalue weighted by Crippen LogP contribution is -2.56. The second-order valence-electron chi connectivity index (χ2n) is 10.6. The third kappa shape index (κ3) is 6.99. The van der Waals surface area contributed by atoms with Crippen LogP contribution in [0.3, 0.4) is 0 Å². The zero-order valence-electron chi connectivity index (χ0n) is 22.0. The minimum Gasteiger partial charge on any atom is -0.487 e. The second kappa shape index (κ2) is 11.9. The quantitative estimate of drug-likeness (QED) is 0.538. The number of anilines is 1. The van der Waals surface area contributed by atoms with Crippen LogP contribution in [0.5, 0.6) is 5.75 Å². The van der Waals surface area contributed by atoms with E-state index in [1.54, 1.807) is 0 Å². The summed E-state index contributed by atoms with van der Waals surface area (Å²) in [5, 5.41) is 23.0. The summed E-state index contributed by atoms with van der Waals surface area (Å²) >= 11 is 0. The number of β-amino-alcohol motifs (C(OH)–C–C–N with tert-alkyl or cyclic N) is 2. The zero-order valence-corrected chi connectivity index (χ0v) is 22.0. The Balaban J connectivity index is 1.44. The lowest BCUT2D eigenvalue weighted by molar-refractivity contribution is -0.138. The maximum Gasteiger partial charge on any atom is 0.248 e. The largest absolute Gasteiger partial charge is 0.487 e. The summed E-state index contributed by atoms with van der Waals surface area (Å²) < 4.78 is 38.3. The third-order valence-electron chi connectivity index (χ3n) is 7.33. The Labute approximate surface area is 222 Å². The first-order valence-corrected chi connectivity index (χ1v) is 12.9. The van der Waals surface area contributed by atoms with Crippen LogP contribution in [0.4, 0.5) is 14.5 Å². The normalized spacial score (nSPS) is 22.3. The number of nitrogens with zero attached hydrogens (tertiary/aromatic N) is 3. The first-order chi connectivity index (χ1) is 18.1. The highest BCUT2D eigenvalue weighted by atomic mass is 19.2. The van der Waals surface area contributed by atoms with E-state index in [2.05, 4.69) is 29.2 Å². The molecule has 0 radical (unpaired) electrons. The smallest absolute Gasteiger partial charge is 0.248 e. The maximum absolute atomic E-state index is 14.2. The molecule has 2 aliphatic heterocycles. The molecule has 2 N–H and O–H groups in total. The van der Waals surface area contributed by atoms with Crippen LogP contribution in [0.1, 0.15) is 18.4 Å². The van der Waals surface area contributed by atoms with E-state index in [9.17, 15) is 23.8 Å². The molecule has 2 saturated heterocycles. The van der Waals surface area contributed by atoms with Crippen molar-refractivity contribution in [3.8, 4) is 5.75 Å². The predicted octanol–water partition coefficient (Wildman–Crippen LogP) is 2.21. The molecule has 10 heteroatoms. The SMILES string of the molecule is COCC(=O)N1CCN(CC2(O)CCN(c3ccc(C)cc3)CC2)C[C@@](O)(COc2cccc(F)c2F)C1. The van der Waals surface area contributed by atoms with E-state index in [1.807, 2.05) is 11.8 Å². The number of halogens is 2. The minimum absolute atomic E-state index is 0.0672. The Morgan fingerprint density at radius 2 is 1.68 bits per heavy atom. The van der Waals surface area contributed by atoms with E-state index in [-0.39, 0.29) is 38.0 Å². The summed E-state index contributed by atoms with van der Waals surface area (Å²) in [6, 6.07) is 11.9. The average Bonchev–Trinajstić information content (AvgIpc) is 3.04. The molecule has 0 aromatic heterocycles. The second-order valence-corrected chi connectivity index (χ2v) is 10.6. The molecule has 0 saturated carbocycles. The van der Waals surface area contributed by atoms with Crippen LogP contribution in [0.2, 0.25) is 0 Å². The van der Waals surface area contributed by atoms with Gasteiger partial charge >= 0.3 is 0 Å². The van der Waals surface area contributed by atoms with Crippen molar-refractivity contribution in [3.05, 3.63) is 59.7 Å². The van der Waals surface area contributed by atoms with Gasteiger partial charge in [0.05, 0.1) is 12.1 Å². The molecule has 0 aliphatic carbocycles. The number of aryl methyl sites for hydroxylation is 1. The van der Waals surface area contributed by atoms with Gasteiger partial charge < -0.3 is 29.5 Å². The number of benzene rings is 2. The molecule has 1 amide bonds. The van der Waals surface area contributed by atoms with Gasteiger partial charge in [0.25, 0.3) is 0 Å². The van der Waals surface area contributed by atoms with Crippen molar-refractivity contribution in [2.75, 3.05) is 71.0 Å². The molecule has 2 aromatic rings. The fourth-order valence-electron chi connectivity index (χ4n) is 5.21. The van der Waals surface area contributed by atoms with Crippen molar-refractivity contribution in [2.45, 2.75) is 31.0 Å². The van der Waals surface area contributed by atoms with Crippen LogP contribution >= 0.6 is 0 Å². The number of amides is 1. The van der Waals surface area contributed by atoms with Gasteiger partial charge in [-0.15, -0.1) is 0 Å². The van der Waals surface area contributed by atoms with Crippen molar-refractivity contribution in [2.24, 2.45) is 0 Å². The first-order valence-electron chi connectivity index (χ1n) is 12.9. The van der Waals surface area contributed by atoms with Crippen LogP contribution in [0.25, 0.3) is 0 Å². The summed E-state index contributed by atoms with van der Waals surface area (Å²) in [5.74, 6) is -2.79. The number of carbonyl (C=O) groups is 1. The molecule has 2 aromatic carbocycles. The van der Waals surface area contributed by atoms with E-state index < -0.39 is 22.8 Å². The van der Waals surface area contributed by atoms with Gasteiger partial charge in [0.2, 0.25) is 11.7 Å². The summed E-state index contributed by atoms with van der Waals surface area (Å²) in [4.78, 5) is 18.3. The Hall–Kier alpha value is -2.79. The number of hydrogen-bond donors (Lipinski definition) is 2. The molecule has 0 unspecified atom stereocenters. The fraction of sp³-hybridized carbons (Fsp3) is 0.536. The number of methoxy groups -OCH3 is 1. The molecular formula is C28H37F2N3O5. The Kier molecular flexibility index (Phi) is 8.87. The summed E-state index contributed by atoms with van der Waals surface area (Å²) in [7, 11) is 1.42. The first kappa shape index (κ1) is 28.2. The van der Waals surface area contributed by atoms with Crippen molar-refractivity contribution in [1.82, 2.24) is 9.80 Å². The summed E-state index contributed by atoms with van der Waals surface area (Å²) in [6.45, 7) is 4.00. The van der Waals surface area contributed by atoms with Gasteiger partial charge in [-0.05, 0) is 44.0 Å². The molecule has 208 valence electrons. The van der Waals surface area contributed by atoms with Crippen molar-refractivity contribution in [1.29, 1.82) is 0 Å². The zero-order chi connectivity index (χ0) is 27.3. The monoisotopic (exact) mass is 533 g/mol. The molecule has 2 aliphatic rings. The Bertz CT molecular complexity index is 1090. The van der Waals surface area contributed by atoms with Crippen LogP contribution in [-0.4, -0.2) is 103 Å². The highest BCUT2D eigenvalue weighted by Gasteiger charge is 2.41. The minimum atomic E-state index is -1.59. The van der Waals surface area contributed by atoms with Crippen molar-refractivity contribution >= 4 is 11.6 Å². The molecule has 0 spiro atoms. The fourth-order valence-corrected chi connectivity index (χ4v) is 5.21. The molecule has 4 rings (SSSR count).